The molecular formula is C17H15N3O3S. The average Bonchev–Trinajstić information content (AvgIpc) is 3.09. The maximum absolute atomic E-state index is 11.8. The lowest BCUT2D eigenvalue weighted by Crippen LogP contribution is -2.07. The van der Waals surface area contributed by atoms with Crippen LogP contribution in [-0.4, -0.2) is 26.9 Å². The van der Waals surface area contributed by atoms with Gasteiger partial charge in [0.2, 0.25) is 5.89 Å². The lowest BCUT2D eigenvalue weighted by molar-refractivity contribution is -0.142. The minimum atomic E-state index is -0.341. The highest BCUT2D eigenvalue weighted by molar-refractivity contribution is 8.00. The van der Waals surface area contributed by atoms with Crippen molar-refractivity contribution >= 4 is 17.7 Å². The summed E-state index contributed by atoms with van der Waals surface area (Å²) in [5.74, 6) is 0.551. The summed E-state index contributed by atoms with van der Waals surface area (Å²) in [5, 5.41) is 7.86. The number of thioether (sulfide) groups is 1. The molecule has 0 unspecified atom stereocenters. The van der Waals surface area contributed by atoms with Gasteiger partial charge in [0, 0.05) is 22.9 Å². The van der Waals surface area contributed by atoms with Gasteiger partial charge in [-0.15, -0.1) is 22.0 Å². The third-order valence-electron chi connectivity index (χ3n) is 3.13. The summed E-state index contributed by atoms with van der Waals surface area (Å²) in [6.45, 7) is 1.97. The number of benzene rings is 1. The van der Waals surface area contributed by atoms with Gasteiger partial charge in [0.1, 0.15) is 0 Å². The van der Waals surface area contributed by atoms with Crippen molar-refractivity contribution in [2.45, 2.75) is 18.4 Å². The molecule has 0 bridgehead atoms. The molecule has 122 valence electrons. The number of aryl methyl sites for hydroxylation is 1. The molecule has 2 aromatic heterocycles. The summed E-state index contributed by atoms with van der Waals surface area (Å²) in [4.78, 5) is 16.6. The molecule has 0 atom stereocenters. The summed E-state index contributed by atoms with van der Waals surface area (Å²) in [6.07, 6.45) is 3.36. The normalized spacial score (nSPS) is 10.5. The maximum atomic E-state index is 11.8. The Morgan fingerprint density at radius 1 is 1.12 bits per heavy atom. The van der Waals surface area contributed by atoms with Crippen LogP contribution in [0.1, 0.15) is 11.5 Å². The van der Waals surface area contributed by atoms with Crippen molar-refractivity contribution in [1.82, 2.24) is 15.2 Å². The SMILES string of the molecule is Cc1ccc(-c2nnc(COC(=O)CSc3ccncc3)o2)cc1. The van der Waals surface area contributed by atoms with Crippen LogP contribution in [-0.2, 0) is 16.1 Å². The first kappa shape index (κ1) is 16.2. The molecule has 0 aliphatic rings. The van der Waals surface area contributed by atoms with Gasteiger partial charge in [-0.25, -0.2) is 0 Å². The molecule has 0 saturated heterocycles. The highest BCUT2D eigenvalue weighted by Crippen LogP contribution is 2.19. The van der Waals surface area contributed by atoms with Gasteiger partial charge in [-0.2, -0.15) is 0 Å². The quantitative estimate of drug-likeness (QED) is 0.503. The Hall–Kier alpha value is -2.67. The number of rotatable bonds is 6. The minimum Gasteiger partial charge on any atom is -0.455 e. The summed E-state index contributed by atoms with van der Waals surface area (Å²) < 4.78 is 10.7. The largest absolute Gasteiger partial charge is 0.455 e. The van der Waals surface area contributed by atoms with Gasteiger partial charge in [0.25, 0.3) is 5.89 Å². The second kappa shape index (κ2) is 7.74. The lowest BCUT2D eigenvalue weighted by atomic mass is 10.1. The molecular weight excluding hydrogens is 326 g/mol. The minimum absolute atomic E-state index is 0.0331. The predicted octanol–water partition coefficient (Wildman–Crippen LogP) is 3.28. The van der Waals surface area contributed by atoms with Gasteiger partial charge in [-0.05, 0) is 31.2 Å². The number of carbonyl (C=O) groups excluding carboxylic acids is 1. The monoisotopic (exact) mass is 341 g/mol. The number of hydrogen-bond acceptors (Lipinski definition) is 7. The lowest BCUT2D eigenvalue weighted by Gasteiger charge is -2.02. The molecule has 3 rings (SSSR count). The van der Waals surface area contributed by atoms with Crippen LogP contribution in [0, 0.1) is 6.92 Å². The van der Waals surface area contributed by atoms with Gasteiger partial charge < -0.3 is 9.15 Å². The van der Waals surface area contributed by atoms with Crippen molar-refractivity contribution in [3.8, 4) is 11.5 Å². The van der Waals surface area contributed by atoms with E-state index in [-0.39, 0.29) is 24.2 Å². The first-order chi connectivity index (χ1) is 11.7. The van der Waals surface area contributed by atoms with Crippen LogP contribution < -0.4 is 0 Å². The first-order valence-corrected chi connectivity index (χ1v) is 8.27. The molecule has 0 N–H and O–H groups in total. The van der Waals surface area contributed by atoms with E-state index in [1.807, 2.05) is 43.3 Å². The van der Waals surface area contributed by atoms with Crippen molar-refractivity contribution < 1.29 is 13.9 Å². The Morgan fingerprint density at radius 3 is 2.62 bits per heavy atom. The van der Waals surface area contributed by atoms with Crippen molar-refractivity contribution in [2.24, 2.45) is 0 Å². The third-order valence-corrected chi connectivity index (χ3v) is 4.11. The highest BCUT2D eigenvalue weighted by Gasteiger charge is 2.11. The Labute approximate surface area is 143 Å². The van der Waals surface area contributed by atoms with Crippen molar-refractivity contribution in [1.29, 1.82) is 0 Å². The molecule has 2 heterocycles. The third kappa shape index (κ3) is 4.42. The van der Waals surface area contributed by atoms with Gasteiger partial charge in [-0.1, -0.05) is 17.7 Å². The first-order valence-electron chi connectivity index (χ1n) is 7.28. The Balaban J connectivity index is 1.50. The van der Waals surface area contributed by atoms with Crippen LogP contribution in [0.2, 0.25) is 0 Å². The second-order valence-electron chi connectivity index (χ2n) is 5.00. The van der Waals surface area contributed by atoms with Crippen molar-refractivity contribution in [3.05, 3.63) is 60.2 Å². The smallest absolute Gasteiger partial charge is 0.316 e. The Kier molecular flexibility index (Phi) is 5.22. The molecule has 7 heteroatoms. The van der Waals surface area contributed by atoms with E-state index >= 15 is 0 Å². The Morgan fingerprint density at radius 2 is 1.88 bits per heavy atom. The van der Waals surface area contributed by atoms with E-state index in [0.29, 0.717) is 5.89 Å². The van der Waals surface area contributed by atoms with Crippen LogP contribution in [0.25, 0.3) is 11.5 Å². The predicted molar refractivity (Wildman–Crippen MR) is 89.2 cm³/mol. The van der Waals surface area contributed by atoms with Gasteiger partial charge in [0.15, 0.2) is 6.61 Å². The van der Waals surface area contributed by atoms with E-state index in [2.05, 4.69) is 15.2 Å². The van der Waals surface area contributed by atoms with Crippen LogP contribution >= 0.6 is 11.8 Å². The number of hydrogen-bond donors (Lipinski definition) is 0. The molecule has 0 spiro atoms. The fourth-order valence-electron chi connectivity index (χ4n) is 1.89. The number of nitrogens with zero attached hydrogens (tertiary/aromatic N) is 3. The van der Waals surface area contributed by atoms with Crippen LogP contribution in [0.5, 0.6) is 0 Å². The van der Waals surface area contributed by atoms with Crippen LogP contribution in [0.3, 0.4) is 0 Å². The molecule has 0 fully saturated rings. The number of carbonyl (C=O) groups is 1. The molecule has 0 amide bonds. The molecule has 1 aromatic carbocycles. The molecule has 0 aliphatic heterocycles. The summed E-state index contributed by atoms with van der Waals surface area (Å²) in [5.41, 5.74) is 1.98. The van der Waals surface area contributed by atoms with Crippen molar-refractivity contribution in [2.75, 3.05) is 5.75 Å². The van der Waals surface area contributed by atoms with E-state index in [9.17, 15) is 4.79 Å². The van der Waals surface area contributed by atoms with Crippen molar-refractivity contribution in [3.63, 3.8) is 0 Å². The van der Waals surface area contributed by atoms with Gasteiger partial charge >= 0.3 is 5.97 Å². The number of esters is 1. The van der Waals surface area contributed by atoms with Gasteiger partial charge in [0.05, 0.1) is 5.75 Å². The van der Waals surface area contributed by atoms with Gasteiger partial charge in [-0.3, -0.25) is 9.78 Å². The zero-order valence-corrected chi connectivity index (χ0v) is 13.8. The number of pyridine rings is 1. The van der Waals surface area contributed by atoms with E-state index < -0.39 is 0 Å². The second-order valence-corrected chi connectivity index (χ2v) is 6.05. The molecule has 3 aromatic rings. The summed E-state index contributed by atoms with van der Waals surface area (Å²) in [7, 11) is 0. The average molecular weight is 341 g/mol. The zero-order valence-electron chi connectivity index (χ0n) is 13.0. The molecule has 24 heavy (non-hydrogen) atoms. The number of ether oxygens (including phenoxy) is 1. The maximum Gasteiger partial charge on any atom is 0.316 e. The standard InChI is InChI=1S/C17H15N3O3S/c1-12-2-4-13(5-3-12)17-20-19-15(23-17)10-22-16(21)11-24-14-6-8-18-9-7-14/h2-9H,10-11H2,1H3. The molecule has 0 saturated carbocycles. The van der Waals surface area contributed by atoms with E-state index in [1.165, 1.54) is 11.8 Å². The summed E-state index contributed by atoms with van der Waals surface area (Å²) in [6, 6.07) is 11.4. The summed E-state index contributed by atoms with van der Waals surface area (Å²) >= 11 is 1.39. The zero-order chi connectivity index (χ0) is 16.8. The Bertz CT molecular complexity index is 803. The molecule has 6 nitrogen and oxygen atoms in total. The molecule has 0 aliphatic carbocycles. The fourth-order valence-corrected chi connectivity index (χ4v) is 2.57. The fraction of sp³-hybridized carbons (Fsp3) is 0.176. The highest BCUT2D eigenvalue weighted by atomic mass is 32.2. The van der Waals surface area contributed by atoms with E-state index in [4.69, 9.17) is 9.15 Å². The topological polar surface area (TPSA) is 78.1 Å². The number of aromatic nitrogens is 3. The van der Waals surface area contributed by atoms with E-state index in [0.717, 1.165) is 16.0 Å². The molecule has 0 radical (unpaired) electrons. The van der Waals surface area contributed by atoms with Crippen LogP contribution in [0.4, 0.5) is 0 Å². The van der Waals surface area contributed by atoms with Crippen LogP contribution in [0.15, 0.2) is 58.1 Å². The van der Waals surface area contributed by atoms with E-state index in [1.54, 1.807) is 12.4 Å².